The lowest BCUT2D eigenvalue weighted by atomic mass is 9.95. The van der Waals surface area contributed by atoms with Gasteiger partial charge in [-0.05, 0) is 40.5 Å². The average molecular weight is 314 g/mol. The molecule has 0 aliphatic rings. The van der Waals surface area contributed by atoms with Crippen LogP contribution in [0.4, 0.5) is 0 Å². The Kier molecular flexibility index (Phi) is 4.23. The van der Waals surface area contributed by atoms with Crippen LogP contribution in [0.1, 0.15) is 11.1 Å². The van der Waals surface area contributed by atoms with Crippen LogP contribution in [0.5, 0.6) is 0 Å². The molecule has 0 fully saturated rings. The molecule has 0 aliphatic carbocycles. The van der Waals surface area contributed by atoms with E-state index in [1.165, 1.54) is 11.1 Å². The van der Waals surface area contributed by atoms with Crippen molar-refractivity contribution in [2.45, 2.75) is 6.42 Å². The number of hydrogen-bond donors (Lipinski definition) is 0. The Labute approximate surface area is 134 Å². The zero-order valence-electron chi connectivity index (χ0n) is 11.3. The van der Waals surface area contributed by atoms with E-state index >= 15 is 0 Å². The van der Waals surface area contributed by atoms with Crippen LogP contribution in [0.3, 0.4) is 0 Å². The third-order valence-electron chi connectivity index (χ3n) is 3.39. The number of pyridine rings is 1. The fourth-order valence-electron chi connectivity index (χ4n) is 2.34. The topological polar surface area (TPSA) is 12.9 Å². The maximum atomic E-state index is 6.16. The lowest BCUT2D eigenvalue weighted by molar-refractivity contribution is 1.15. The van der Waals surface area contributed by atoms with E-state index in [1.807, 2.05) is 48.5 Å². The van der Waals surface area contributed by atoms with Crippen molar-refractivity contribution in [2.24, 2.45) is 0 Å². The standard InChI is InChI=1S/C18H13Cl2N/c19-16-9-7-13(8-10-16)17-6-2-1-4-14(17)12-15-5-3-11-21-18(15)20/h1-11H,12H2. The van der Waals surface area contributed by atoms with Crippen molar-refractivity contribution >= 4 is 23.2 Å². The summed E-state index contributed by atoms with van der Waals surface area (Å²) in [5.41, 5.74) is 4.58. The summed E-state index contributed by atoms with van der Waals surface area (Å²) < 4.78 is 0. The molecule has 0 amide bonds. The van der Waals surface area contributed by atoms with Crippen molar-refractivity contribution < 1.29 is 0 Å². The van der Waals surface area contributed by atoms with E-state index in [9.17, 15) is 0 Å². The van der Waals surface area contributed by atoms with Crippen molar-refractivity contribution in [2.75, 3.05) is 0 Å². The summed E-state index contributed by atoms with van der Waals surface area (Å²) >= 11 is 12.1. The van der Waals surface area contributed by atoms with Crippen LogP contribution in [-0.2, 0) is 6.42 Å². The highest BCUT2D eigenvalue weighted by atomic mass is 35.5. The molecular weight excluding hydrogens is 301 g/mol. The van der Waals surface area contributed by atoms with Gasteiger partial charge in [-0.15, -0.1) is 0 Å². The Bertz CT molecular complexity index is 751. The molecule has 0 bridgehead atoms. The SMILES string of the molecule is Clc1ccc(-c2ccccc2Cc2cccnc2Cl)cc1. The minimum atomic E-state index is 0.559. The Morgan fingerprint density at radius 2 is 1.48 bits per heavy atom. The smallest absolute Gasteiger partial charge is 0.132 e. The molecule has 0 radical (unpaired) electrons. The maximum absolute atomic E-state index is 6.16. The van der Waals surface area contributed by atoms with Gasteiger partial charge >= 0.3 is 0 Å². The van der Waals surface area contributed by atoms with Crippen molar-refractivity contribution in [1.82, 2.24) is 4.98 Å². The van der Waals surface area contributed by atoms with Crippen LogP contribution >= 0.6 is 23.2 Å². The molecule has 1 heterocycles. The predicted molar refractivity (Wildman–Crippen MR) is 88.9 cm³/mol. The summed E-state index contributed by atoms with van der Waals surface area (Å²) in [6.45, 7) is 0. The largest absolute Gasteiger partial charge is 0.244 e. The van der Waals surface area contributed by atoms with Crippen molar-refractivity contribution in [3.05, 3.63) is 88.2 Å². The minimum absolute atomic E-state index is 0.559. The van der Waals surface area contributed by atoms with Gasteiger partial charge in [0.2, 0.25) is 0 Å². The van der Waals surface area contributed by atoms with Crippen LogP contribution in [0.25, 0.3) is 11.1 Å². The monoisotopic (exact) mass is 313 g/mol. The summed E-state index contributed by atoms with van der Waals surface area (Å²) in [5.74, 6) is 0. The number of aromatic nitrogens is 1. The summed E-state index contributed by atoms with van der Waals surface area (Å²) in [4.78, 5) is 4.14. The number of hydrogen-bond acceptors (Lipinski definition) is 1. The first-order chi connectivity index (χ1) is 10.2. The molecular formula is C18H13Cl2N. The van der Waals surface area contributed by atoms with Crippen LogP contribution in [-0.4, -0.2) is 4.98 Å². The van der Waals surface area contributed by atoms with E-state index in [-0.39, 0.29) is 0 Å². The van der Waals surface area contributed by atoms with Gasteiger partial charge in [-0.25, -0.2) is 4.98 Å². The highest BCUT2D eigenvalue weighted by Crippen LogP contribution is 2.28. The van der Waals surface area contributed by atoms with Crippen LogP contribution < -0.4 is 0 Å². The number of benzene rings is 2. The third-order valence-corrected chi connectivity index (χ3v) is 3.98. The molecule has 0 saturated carbocycles. The van der Waals surface area contributed by atoms with Gasteiger partial charge in [0.1, 0.15) is 5.15 Å². The van der Waals surface area contributed by atoms with Crippen molar-refractivity contribution in [3.8, 4) is 11.1 Å². The van der Waals surface area contributed by atoms with E-state index in [0.717, 1.165) is 22.6 Å². The predicted octanol–water partition coefficient (Wildman–Crippen LogP) is 5.65. The molecule has 1 aromatic heterocycles. The van der Waals surface area contributed by atoms with Gasteiger partial charge in [-0.1, -0.05) is 65.7 Å². The first-order valence-corrected chi connectivity index (χ1v) is 7.43. The molecule has 3 aromatic rings. The Hall–Kier alpha value is -1.83. The Morgan fingerprint density at radius 1 is 0.762 bits per heavy atom. The molecule has 0 N–H and O–H groups in total. The highest BCUT2D eigenvalue weighted by Gasteiger charge is 2.08. The fraction of sp³-hybridized carbons (Fsp3) is 0.0556. The quantitative estimate of drug-likeness (QED) is 0.570. The molecule has 0 spiro atoms. The first kappa shape index (κ1) is 14.1. The molecule has 0 saturated heterocycles. The molecule has 3 heteroatoms. The molecule has 1 nitrogen and oxygen atoms in total. The molecule has 0 aliphatic heterocycles. The second kappa shape index (κ2) is 6.30. The second-order valence-electron chi connectivity index (χ2n) is 4.79. The molecule has 2 aromatic carbocycles. The third kappa shape index (κ3) is 3.26. The highest BCUT2D eigenvalue weighted by molar-refractivity contribution is 6.30. The molecule has 21 heavy (non-hydrogen) atoms. The summed E-state index contributed by atoms with van der Waals surface area (Å²) in [5, 5.41) is 1.30. The minimum Gasteiger partial charge on any atom is -0.244 e. The Morgan fingerprint density at radius 3 is 2.24 bits per heavy atom. The molecule has 0 unspecified atom stereocenters. The zero-order valence-corrected chi connectivity index (χ0v) is 12.8. The van der Waals surface area contributed by atoms with E-state index in [4.69, 9.17) is 23.2 Å². The number of halogens is 2. The van der Waals surface area contributed by atoms with Crippen molar-refractivity contribution in [1.29, 1.82) is 0 Å². The summed E-state index contributed by atoms with van der Waals surface area (Å²) in [6, 6.07) is 20.1. The van der Waals surface area contributed by atoms with Gasteiger partial charge in [-0.3, -0.25) is 0 Å². The van der Waals surface area contributed by atoms with E-state index in [2.05, 4.69) is 17.1 Å². The molecule has 3 rings (SSSR count). The van der Waals surface area contributed by atoms with E-state index < -0.39 is 0 Å². The van der Waals surface area contributed by atoms with Crippen LogP contribution in [0.2, 0.25) is 10.2 Å². The molecule has 104 valence electrons. The summed E-state index contributed by atoms with van der Waals surface area (Å²) in [7, 11) is 0. The first-order valence-electron chi connectivity index (χ1n) is 6.67. The lowest BCUT2D eigenvalue weighted by Crippen LogP contribution is -1.94. The fourth-order valence-corrected chi connectivity index (χ4v) is 2.65. The zero-order chi connectivity index (χ0) is 14.7. The van der Waals surface area contributed by atoms with Gasteiger partial charge in [-0.2, -0.15) is 0 Å². The van der Waals surface area contributed by atoms with Gasteiger partial charge in [0.25, 0.3) is 0 Å². The summed E-state index contributed by atoms with van der Waals surface area (Å²) in [6.07, 6.45) is 2.46. The number of nitrogens with zero attached hydrogens (tertiary/aromatic N) is 1. The van der Waals surface area contributed by atoms with Gasteiger partial charge in [0.15, 0.2) is 0 Å². The molecule has 0 atom stereocenters. The van der Waals surface area contributed by atoms with Gasteiger partial charge in [0.05, 0.1) is 0 Å². The lowest BCUT2D eigenvalue weighted by Gasteiger charge is -2.10. The van der Waals surface area contributed by atoms with Gasteiger partial charge in [0, 0.05) is 17.6 Å². The van der Waals surface area contributed by atoms with E-state index in [0.29, 0.717) is 5.15 Å². The van der Waals surface area contributed by atoms with Crippen LogP contribution in [0, 0.1) is 0 Å². The van der Waals surface area contributed by atoms with Gasteiger partial charge < -0.3 is 0 Å². The van der Waals surface area contributed by atoms with E-state index in [1.54, 1.807) is 6.20 Å². The van der Waals surface area contributed by atoms with Crippen molar-refractivity contribution in [3.63, 3.8) is 0 Å². The Balaban J connectivity index is 2.00. The maximum Gasteiger partial charge on any atom is 0.132 e. The number of rotatable bonds is 3. The van der Waals surface area contributed by atoms with Crippen LogP contribution in [0.15, 0.2) is 66.9 Å². The normalized spacial score (nSPS) is 10.6. The second-order valence-corrected chi connectivity index (χ2v) is 5.59. The average Bonchev–Trinajstić information content (AvgIpc) is 2.51.